The third-order valence-electron chi connectivity index (χ3n) is 2.60. The van der Waals surface area contributed by atoms with Crippen molar-refractivity contribution in [3.8, 4) is 5.75 Å². The van der Waals surface area contributed by atoms with Crippen molar-refractivity contribution in [2.24, 2.45) is 0 Å². The van der Waals surface area contributed by atoms with Crippen LogP contribution in [0.4, 0.5) is 0 Å². The van der Waals surface area contributed by atoms with E-state index >= 15 is 0 Å². The van der Waals surface area contributed by atoms with Crippen LogP contribution in [0.25, 0.3) is 0 Å². The molecule has 0 heterocycles. The van der Waals surface area contributed by atoms with Crippen LogP contribution in [0.1, 0.15) is 41.6 Å². The Bertz CT molecular complexity index is 347. The van der Waals surface area contributed by atoms with Crippen molar-refractivity contribution in [3.63, 3.8) is 0 Å². The van der Waals surface area contributed by atoms with Gasteiger partial charge in [-0.3, -0.25) is 4.79 Å². The summed E-state index contributed by atoms with van der Waals surface area (Å²) in [7, 11) is 0. The minimum Gasteiger partial charge on any atom is -0.493 e. The Labute approximate surface area is 102 Å². The molecule has 0 saturated carbocycles. The number of rotatable bonds is 8. The highest BCUT2D eigenvalue weighted by Gasteiger charge is 2.02. The molecule has 94 valence electrons. The SMILES string of the molecule is Cc1ccc(OCCCCCCO)c(C=O)c1. The average molecular weight is 236 g/mol. The number of aliphatic hydroxyl groups is 1. The lowest BCUT2D eigenvalue weighted by molar-refractivity contribution is 0.111. The first-order valence-electron chi connectivity index (χ1n) is 6.07. The van der Waals surface area contributed by atoms with E-state index in [2.05, 4.69) is 0 Å². The van der Waals surface area contributed by atoms with Gasteiger partial charge in [0.05, 0.1) is 12.2 Å². The highest BCUT2D eigenvalue weighted by molar-refractivity contribution is 5.79. The van der Waals surface area contributed by atoms with Gasteiger partial charge in [0.25, 0.3) is 0 Å². The number of carbonyl (C=O) groups excluding carboxylic acids is 1. The molecule has 0 radical (unpaired) electrons. The maximum Gasteiger partial charge on any atom is 0.153 e. The number of aliphatic hydroxyl groups excluding tert-OH is 1. The van der Waals surface area contributed by atoms with Gasteiger partial charge < -0.3 is 9.84 Å². The Morgan fingerprint density at radius 3 is 2.71 bits per heavy atom. The van der Waals surface area contributed by atoms with E-state index in [1.54, 1.807) is 0 Å². The largest absolute Gasteiger partial charge is 0.493 e. The van der Waals surface area contributed by atoms with E-state index in [0.29, 0.717) is 17.9 Å². The zero-order valence-electron chi connectivity index (χ0n) is 10.3. The number of hydrogen-bond donors (Lipinski definition) is 1. The molecule has 0 unspecified atom stereocenters. The van der Waals surface area contributed by atoms with Crippen LogP contribution in [0.15, 0.2) is 18.2 Å². The van der Waals surface area contributed by atoms with Crippen LogP contribution in [0, 0.1) is 6.92 Å². The molecule has 0 atom stereocenters. The van der Waals surface area contributed by atoms with Crippen molar-refractivity contribution in [1.82, 2.24) is 0 Å². The van der Waals surface area contributed by atoms with Gasteiger partial charge in [0.1, 0.15) is 5.75 Å². The Kier molecular flexibility index (Phi) is 6.33. The van der Waals surface area contributed by atoms with E-state index in [4.69, 9.17) is 9.84 Å². The maximum atomic E-state index is 10.8. The first-order chi connectivity index (χ1) is 8.27. The minimum atomic E-state index is 0.258. The van der Waals surface area contributed by atoms with Gasteiger partial charge in [-0.2, -0.15) is 0 Å². The molecular formula is C14H20O3. The summed E-state index contributed by atoms with van der Waals surface area (Å²) < 4.78 is 5.57. The number of benzene rings is 1. The average Bonchev–Trinajstić information content (AvgIpc) is 2.35. The number of hydrogen-bond acceptors (Lipinski definition) is 3. The van der Waals surface area contributed by atoms with Gasteiger partial charge in [0.2, 0.25) is 0 Å². The van der Waals surface area contributed by atoms with Crippen molar-refractivity contribution in [3.05, 3.63) is 29.3 Å². The molecule has 0 spiro atoms. The van der Waals surface area contributed by atoms with Crippen molar-refractivity contribution in [1.29, 1.82) is 0 Å². The van der Waals surface area contributed by atoms with Crippen LogP contribution in [0.3, 0.4) is 0 Å². The highest BCUT2D eigenvalue weighted by Crippen LogP contribution is 2.18. The highest BCUT2D eigenvalue weighted by atomic mass is 16.5. The predicted molar refractivity (Wildman–Crippen MR) is 67.6 cm³/mol. The minimum absolute atomic E-state index is 0.258. The summed E-state index contributed by atoms with van der Waals surface area (Å²) in [4.78, 5) is 10.8. The number of aldehydes is 1. The monoisotopic (exact) mass is 236 g/mol. The van der Waals surface area contributed by atoms with Crippen LogP contribution in [0.5, 0.6) is 5.75 Å². The van der Waals surface area contributed by atoms with Crippen molar-refractivity contribution in [2.45, 2.75) is 32.6 Å². The van der Waals surface area contributed by atoms with Gasteiger partial charge in [-0.1, -0.05) is 18.1 Å². The van der Waals surface area contributed by atoms with E-state index < -0.39 is 0 Å². The van der Waals surface area contributed by atoms with Crippen molar-refractivity contribution < 1.29 is 14.6 Å². The van der Waals surface area contributed by atoms with E-state index in [0.717, 1.165) is 37.5 Å². The normalized spacial score (nSPS) is 10.2. The second-order valence-corrected chi connectivity index (χ2v) is 4.15. The fourth-order valence-corrected chi connectivity index (χ4v) is 1.64. The summed E-state index contributed by atoms with van der Waals surface area (Å²) >= 11 is 0. The molecule has 17 heavy (non-hydrogen) atoms. The lowest BCUT2D eigenvalue weighted by Gasteiger charge is -2.08. The smallest absolute Gasteiger partial charge is 0.153 e. The van der Waals surface area contributed by atoms with Crippen LogP contribution in [0.2, 0.25) is 0 Å². The summed E-state index contributed by atoms with van der Waals surface area (Å²) in [5, 5.41) is 8.62. The summed E-state index contributed by atoms with van der Waals surface area (Å²) in [5.74, 6) is 0.660. The first-order valence-corrected chi connectivity index (χ1v) is 6.07. The first kappa shape index (κ1) is 13.7. The molecule has 1 rings (SSSR count). The second kappa shape index (κ2) is 7.85. The van der Waals surface area contributed by atoms with Gasteiger partial charge in [0, 0.05) is 6.61 Å². The number of unbranched alkanes of at least 4 members (excludes halogenated alkanes) is 3. The Hall–Kier alpha value is -1.35. The molecule has 1 aromatic rings. The van der Waals surface area contributed by atoms with Gasteiger partial charge in [-0.05, 0) is 38.3 Å². The van der Waals surface area contributed by atoms with Crippen LogP contribution < -0.4 is 4.74 Å². The van der Waals surface area contributed by atoms with Crippen LogP contribution >= 0.6 is 0 Å². The van der Waals surface area contributed by atoms with Gasteiger partial charge in [0.15, 0.2) is 6.29 Å². The van der Waals surface area contributed by atoms with Gasteiger partial charge in [-0.15, -0.1) is 0 Å². The number of aryl methyl sites for hydroxylation is 1. The molecule has 0 aliphatic rings. The van der Waals surface area contributed by atoms with E-state index in [1.807, 2.05) is 25.1 Å². The van der Waals surface area contributed by atoms with Crippen molar-refractivity contribution >= 4 is 6.29 Å². The third-order valence-corrected chi connectivity index (χ3v) is 2.60. The standard InChI is InChI=1S/C14H20O3/c1-12-6-7-14(13(10-12)11-16)17-9-5-3-2-4-8-15/h6-7,10-11,15H,2-5,8-9H2,1H3. The lowest BCUT2D eigenvalue weighted by Crippen LogP contribution is -2.00. The fourth-order valence-electron chi connectivity index (χ4n) is 1.64. The van der Waals surface area contributed by atoms with Crippen molar-refractivity contribution in [2.75, 3.05) is 13.2 Å². The zero-order valence-corrected chi connectivity index (χ0v) is 10.3. The summed E-state index contributed by atoms with van der Waals surface area (Å²) in [5.41, 5.74) is 1.67. The molecule has 3 heteroatoms. The predicted octanol–water partition coefficient (Wildman–Crippen LogP) is 2.74. The van der Waals surface area contributed by atoms with Gasteiger partial charge in [-0.25, -0.2) is 0 Å². The third kappa shape index (κ3) is 5.00. The molecule has 3 nitrogen and oxygen atoms in total. The molecule has 0 bridgehead atoms. The Morgan fingerprint density at radius 1 is 1.24 bits per heavy atom. The zero-order chi connectivity index (χ0) is 12.5. The van der Waals surface area contributed by atoms with E-state index in [9.17, 15) is 4.79 Å². The Morgan fingerprint density at radius 2 is 2.00 bits per heavy atom. The topological polar surface area (TPSA) is 46.5 Å². The Balaban J connectivity index is 2.33. The maximum absolute atomic E-state index is 10.8. The van der Waals surface area contributed by atoms with Crippen LogP contribution in [-0.2, 0) is 0 Å². The number of ether oxygens (including phenoxy) is 1. The summed E-state index contributed by atoms with van der Waals surface area (Å²) in [6.07, 6.45) is 4.70. The molecule has 0 fully saturated rings. The molecule has 0 aliphatic heterocycles. The second-order valence-electron chi connectivity index (χ2n) is 4.15. The molecule has 0 aromatic heterocycles. The summed E-state index contributed by atoms with van der Waals surface area (Å²) in [6, 6.07) is 5.61. The van der Waals surface area contributed by atoms with E-state index in [1.165, 1.54) is 0 Å². The van der Waals surface area contributed by atoms with Crippen LogP contribution in [-0.4, -0.2) is 24.6 Å². The quantitative estimate of drug-likeness (QED) is 0.557. The molecule has 0 saturated heterocycles. The molecule has 0 amide bonds. The summed E-state index contributed by atoms with van der Waals surface area (Å²) in [6.45, 7) is 2.83. The molecule has 1 N–H and O–H groups in total. The molecular weight excluding hydrogens is 216 g/mol. The van der Waals surface area contributed by atoms with Gasteiger partial charge >= 0.3 is 0 Å². The fraction of sp³-hybridized carbons (Fsp3) is 0.500. The number of carbonyl (C=O) groups is 1. The molecule has 1 aromatic carbocycles. The lowest BCUT2D eigenvalue weighted by atomic mass is 10.1. The molecule has 0 aliphatic carbocycles. The van der Waals surface area contributed by atoms with E-state index in [-0.39, 0.29) is 6.61 Å².